The summed E-state index contributed by atoms with van der Waals surface area (Å²) in [5, 5.41) is 5.98. The average molecular weight is 372 g/mol. The third-order valence-electron chi connectivity index (χ3n) is 2.96. The number of hydrogen-bond acceptors (Lipinski definition) is 6. The minimum Gasteiger partial charge on any atom is -0.351 e. The maximum atomic E-state index is 12.5. The first-order valence-electron chi connectivity index (χ1n) is 7.77. The molecule has 1 amide bonds. The number of amides is 1. The Hall–Kier alpha value is -2.46. The molecule has 0 atom stereocenters. The predicted molar refractivity (Wildman–Crippen MR) is 85.9 cm³/mol. The van der Waals surface area contributed by atoms with Crippen LogP contribution in [-0.4, -0.2) is 34.7 Å². The number of carbonyl (C=O) groups is 1. The molecule has 2 rings (SSSR count). The summed E-state index contributed by atoms with van der Waals surface area (Å²) in [6, 6.07) is 5.82. The molecule has 26 heavy (non-hydrogen) atoms. The number of halogens is 3. The van der Waals surface area contributed by atoms with Crippen molar-refractivity contribution >= 4 is 5.91 Å². The second kappa shape index (κ2) is 7.83. The number of nitrogens with zero attached hydrogens (tertiary/aromatic N) is 2. The van der Waals surface area contributed by atoms with E-state index in [2.05, 4.69) is 25.5 Å². The van der Waals surface area contributed by atoms with Crippen molar-refractivity contribution in [2.45, 2.75) is 32.5 Å². The number of rotatable bonds is 6. The van der Waals surface area contributed by atoms with Crippen LogP contribution in [0.5, 0.6) is 0 Å². The van der Waals surface area contributed by atoms with Crippen LogP contribution in [0.15, 0.2) is 28.8 Å². The molecule has 0 aliphatic rings. The number of alkyl halides is 3. The van der Waals surface area contributed by atoms with Crippen LogP contribution in [0.1, 0.15) is 37.0 Å². The Balaban J connectivity index is 1.88. The SMILES string of the molecule is CC(C)(C)ONCCNC(=O)c1ccc(-c2noc(C(F)(F)F)n2)cc1. The van der Waals surface area contributed by atoms with E-state index in [0.29, 0.717) is 24.2 Å². The van der Waals surface area contributed by atoms with E-state index in [4.69, 9.17) is 4.84 Å². The highest BCUT2D eigenvalue weighted by Crippen LogP contribution is 2.29. The second-order valence-corrected chi connectivity index (χ2v) is 6.36. The number of aromatic nitrogens is 2. The Kier molecular flexibility index (Phi) is 5.98. The molecule has 0 fully saturated rings. The highest BCUT2D eigenvalue weighted by molar-refractivity contribution is 5.94. The second-order valence-electron chi connectivity index (χ2n) is 6.36. The number of hydrogen-bond donors (Lipinski definition) is 2. The standard InChI is InChI=1S/C16H19F3N4O3/c1-15(2,3)26-21-9-8-20-13(24)11-6-4-10(5-7-11)12-22-14(25-23-12)16(17,18)19/h4-7,21H,8-9H2,1-3H3,(H,20,24). The van der Waals surface area contributed by atoms with Crippen molar-refractivity contribution in [3.63, 3.8) is 0 Å². The Bertz CT molecular complexity index is 736. The normalized spacial score (nSPS) is 12.2. The maximum Gasteiger partial charge on any atom is 0.471 e. The van der Waals surface area contributed by atoms with Crippen molar-refractivity contribution in [3.05, 3.63) is 35.7 Å². The molecule has 1 aromatic heterocycles. The van der Waals surface area contributed by atoms with Gasteiger partial charge in [0.1, 0.15) is 0 Å². The van der Waals surface area contributed by atoms with Crippen LogP contribution >= 0.6 is 0 Å². The van der Waals surface area contributed by atoms with Gasteiger partial charge in [0.05, 0.1) is 5.60 Å². The monoisotopic (exact) mass is 372 g/mol. The Morgan fingerprint density at radius 1 is 1.15 bits per heavy atom. The van der Waals surface area contributed by atoms with E-state index in [-0.39, 0.29) is 17.3 Å². The molecule has 0 saturated carbocycles. The van der Waals surface area contributed by atoms with Crippen LogP contribution in [0, 0.1) is 0 Å². The van der Waals surface area contributed by atoms with Gasteiger partial charge in [-0.2, -0.15) is 18.2 Å². The zero-order valence-electron chi connectivity index (χ0n) is 14.5. The van der Waals surface area contributed by atoms with Crippen molar-refractivity contribution in [1.82, 2.24) is 20.9 Å². The molecule has 0 unspecified atom stereocenters. The maximum absolute atomic E-state index is 12.5. The van der Waals surface area contributed by atoms with E-state index in [1.54, 1.807) is 0 Å². The number of hydroxylamine groups is 1. The number of nitrogens with one attached hydrogen (secondary N) is 2. The molecule has 0 radical (unpaired) electrons. The summed E-state index contributed by atoms with van der Waals surface area (Å²) in [6.45, 7) is 6.44. The predicted octanol–water partition coefficient (Wildman–Crippen LogP) is 2.80. The summed E-state index contributed by atoms with van der Waals surface area (Å²) >= 11 is 0. The largest absolute Gasteiger partial charge is 0.471 e. The fraction of sp³-hybridized carbons (Fsp3) is 0.438. The minimum atomic E-state index is -4.70. The minimum absolute atomic E-state index is 0.201. The molecule has 0 spiro atoms. The average Bonchev–Trinajstić information content (AvgIpc) is 3.03. The van der Waals surface area contributed by atoms with Crippen molar-refractivity contribution in [2.75, 3.05) is 13.1 Å². The zero-order chi connectivity index (χ0) is 19.4. The molecule has 10 heteroatoms. The van der Waals surface area contributed by atoms with Crippen LogP contribution in [0.4, 0.5) is 13.2 Å². The lowest BCUT2D eigenvalue weighted by molar-refractivity contribution is -0.159. The summed E-state index contributed by atoms with van der Waals surface area (Å²) in [5.41, 5.74) is 3.07. The van der Waals surface area contributed by atoms with Gasteiger partial charge >= 0.3 is 12.1 Å². The van der Waals surface area contributed by atoms with Crippen LogP contribution in [-0.2, 0) is 11.0 Å². The van der Waals surface area contributed by atoms with Gasteiger partial charge in [-0.05, 0) is 32.9 Å². The summed E-state index contributed by atoms with van der Waals surface area (Å²) in [5.74, 6) is -1.94. The summed E-state index contributed by atoms with van der Waals surface area (Å²) < 4.78 is 41.6. The molecular formula is C16H19F3N4O3. The molecule has 142 valence electrons. The summed E-state index contributed by atoms with van der Waals surface area (Å²) in [7, 11) is 0. The summed E-state index contributed by atoms with van der Waals surface area (Å²) in [6.07, 6.45) is -4.70. The van der Waals surface area contributed by atoms with Crippen molar-refractivity contribution < 1.29 is 27.3 Å². The molecule has 0 bridgehead atoms. The van der Waals surface area contributed by atoms with Crippen LogP contribution in [0.25, 0.3) is 11.4 Å². The van der Waals surface area contributed by atoms with Crippen LogP contribution in [0.2, 0.25) is 0 Å². The van der Waals surface area contributed by atoms with Crippen molar-refractivity contribution in [3.8, 4) is 11.4 Å². The van der Waals surface area contributed by atoms with Gasteiger partial charge in [-0.3, -0.25) is 9.63 Å². The van der Waals surface area contributed by atoms with Gasteiger partial charge in [0.2, 0.25) is 5.82 Å². The van der Waals surface area contributed by atoms with Crippen molar-refractivity contribution in [1.29, 1.82) is 0 Å². The molecular weight excluding hydrogens is 353 g/mol. The van der Waals surface area contributed by atoms with Gasteiger partial charge in [-0.15, -0.1) is 0 Å². The fourth-order valence-electron chi connectivity index (χ4n) is 1.82. The van der Waals surface area contributed by atoms with E-state index in [0.717, 1.165) is 0 Å². The van der Waals surface area contributed by atoms with Crippen molar-refractivity contribution in [2.24, 2.45) is 0 Å². The van der Waals surface area contributed by atoms with Crippen LogP contribution in [0.3, 0.4) is 0 Å². The number of carbonyl (C=O) groups excluding carboxylic acids is 1. The zero-order valence-corrected chi connectivity index (χ0v) is 14.5. The van der Waals surface area contributed by atoms with E-state index in [9.17, 15) is 18.0 Å². The van der Waals surface area contributed by atoms with Gasteiger partial charge in [0, 0.05) is 24.2 Å². The topological polar surface area (TPSA) is 89.3 Å². The lowest BCUT2D eigenvalue weighted by Gasteiger charge is -2.19. The van der Waals surface area contributed by atoms with Gasteiger partial charge in [-0.25, -0.2) is 5.48 Å². The molecule has 2 N–H and O–H groups in total. The van der Waals surface area contributed by atoms with Gasteiger partial charge < -0.3 is 9.84 Å². The quantitative estimate of drug-likeness (QED) is 0.599. The molecule has 0 aliphatic carbocycles. The first-order chi connectivity index (χ1) is 12.1. The molecule has 2 aromatic rings. The van der Waals surface area contributed by atoms with E-state index in [1.807, 2.05) is 20.8 Å². The third kappa shape index (κ3) is 5.81. The van der Waals surface area contributed by atoms with Crippen LogP contribution < -0.4 is 10.8 Å². The highest BCUT2D eigenvalue weighted by Gasteiger charge is 2.38. The fourth-order valence-corrected chi connectivity index (χ4v) is 1.82. The summed E-state index contributed by atoms with van der Waals surface area (Å²) in [4.78, 5) is 20.6. The number of benzene rings is 1. The van der Waals surface area contributed by atoms with Gasteiger partial charge in [0.15, 0.2) is 0 Å². The van der Waals surface area contributed by atoms with Gasteiger partial charge in [-0.1, -0.05) is 17.3 Å². The van der Waals surface area contributed by atoms with Gasteiger partial charge in [0.25, 0.3) is 5.91 Å². The Labute approximate surface area is 147 Å². The van der Waals surface area contributed by atoms with E-state index < -0.39 is 12.1 Å². The van der Waals surface area contributed by atoms with E-state index >= 15 is 0 Å². The lowest BCUT2D eigenvalue weighted by Crippen LogP contribution is -2.35. The third-order valence-corrected chi connectivity index (χ3v) is 2.96. The van der Waals surface area contributed by atoms with E-state index in [1.165, 1.54) is 24.3 Å². The molecule has 7 nitrogen and oxygen atoms in total. The lowest BCUT2D eigenvalue weighted by atomic mass is 10.1. The Morgan fingerprint density at radius 3 is 2.35 bits per heavy atom. The molecule has 0 saturated heterocycles. The first kappa shape index (κ1) is 19.9. The molecule has 0 aliphatic heterocycles. The molecule has 1 aromatic carbocycles. The highest BCUT2D eigenvalue weighted by atomic mass is 19.4. The first-order valence-corrected chi connectivity index (χ1v) is 7.77. The smallest absolute Gasteiger partial charge is 0.351 e. The Morgan fingerprint density at radius 2 is 1.81 bits per heavy atom. The molecule has 1 heterocycles.